The molecule has 0 aromatic rings. The van der Waals surface area contributed by atoms with Gasteiger partial charge in [0.1, 0.15) is 0 Å². The van der Waals surface area contributed by atoms with Gasteiger partial charge < -0.3 is 15.0 Å². The van der Waals surface area contributed by atoms with Gasteiger partial charge >= 0.3 is 0 Å². The summed E-state index contributed by atoms with van der Waals surface area (Å²) in [6.07, 6.45) is 5.40. The second-order valence-corrected chi connectivity index (χ2v) is 8.85. The van der Waals surface area contributed by atoms with Gasteiger partial charge in [-0.05, 0) is 57.9 Å². The number of hydrogen-bond donors (Lipinski definition) is 1. The molecule has 1 saturated carbocycles. The molecule has 7 heteroatoms. The van der Waals surface area contributed by atoms with Crippen molar-refractivity contribution in [3.63, 3.8) is 0 Å². The van der Waals surface area contributed by atoms with Crippen molar-refractivity contribution in [1.29, 1.82) is 0 Å². The molecule has 3 fully saturated rings. The smallest absolute Gasteiger partial charge is 0.240 e. The van der Waals surface area contributed by atoms with Crippen LogP contribution in [0, 0.1) is 11.8 Å². The highest BCUT2D eigenvalue weighted by Crippen LogP contribution is 2.28. The summed E-state index contributed by atoms with van der Waals surface area (Å²) in [4.78, 5) is 17.7. The van der Waals surface area contributed by atoms with Crippen LogP contribution in [0.1, 0.15) is 53.4 Å². The number of ether oxygens (including phenoxy) is 1. The maximum atomic E-state index is 13.3. The molecule has 3 unspecified atom stereocenters. The highest BCUT2D eigenvalue weighted by atomic mass is 35.5. The standard InChI is InChI=1S/C20H37N3O2.2ClH/c1-14(2)19(23-12-15(3)25-16(4)13-23)20(24)22-9-7-18(8-10-22)21-11-17-5-6-17;;/h14-19,21H,5-13H2,1-4H3;2*1H. The van der Waals surface area contributed by atoms with Crippen molar-refractivity contribution < 1.29 is 9.53 Å². The third kappa shape index (κ3) is 7.04. The third-order valence-corrected chi connectivity index (χ3v) is 5.92. The van der Waals surface area contributed by atoms with Crippen LogP contribution in [0.4, 0.5) is 0 Å². The van der Waals surface area contributed by atoms with Gasteiger partial charge in [0.05, 0.1) is 18.2 Å². The first-order valence-electron chi connectivity index (χ1n) is 10.4. The maximum Gasteiger partial charge on any atom is 0.240 e. The molecule has 1 aliphatic carbocycles. The number of hydrogen-bond acceptors (Lipinski definition) is 4. The number of carbonyl (C=O) groups is 1. The van der Waals surface area contributed by atoms with Crippen molar-refractivity contribution in [3.8, 4) is 0 Å². The van der Waals surface area contributed by atoms with Gasteiger partial charge in [-0.1, -0.05) is 13.8 Å². The normalized spacial score (nSPS) is 28.4. The van der Waals surface area contributed by atoms with E-state index in [1.807, 2.05) is 0 Å². The van der Waals surface area contributed by atoms with E-state index in [0.29, 0.717) is 17.9 Å². The molecule has 27 heavy (non-hydrogen) atoms. The molecule has 5 nitrogen and oxygen atoms in total. The summed E-state index contributed by atoms with van der Waals surface area (Å²) in [5.74, 6) is 1.59. The highest BCUT2D eigenvalue weighted by Gasteiger charge is 2.37. The number of nitrogens with zero attached hydrogens (tertiary/aromatic N) is 2. The number of morpholine rings is 1. The molecule has 160 valence electrons. The van der Waals surface area contributed by atoms with Crippen LogP contribution in [0.25, 0.3) is 0 Å². The van der Waals surface area contributed by atoms with Crippen LogP contribution in [-0.4, -0.2) is 72.7 Å². The van der Waals surface area contributed by atoms with Crippen LogP contribution in [-0.2, 0) is 9.53 Å². The Labute approximate surface area is 177 Å². The lowest BCUT2D eigenvalue weighted by molar-refractivity contribution is -0.146. The Bertz CT molecular complexity index is 445. The van der Waals surface area contributed by atoms with E-state index in [-0.39, 0.29) is 43.1 Å². The summed E-state index contributed by atoms with van der Waals surface area (Å²) in [6, 6.07) is 0.593. The summed E-state index contributed by atoms with van der Waals surface area (Å²) < 4.78 is 5.86. The predicted octanol–water partition coefficient (Wildman–Crippen LogP) is 2.95. The molecule has 2 heterocycles. The Hall–Kier alpha value is -0.0700. The molecule has 3 aliphatic rings. The van der Waals surface area contributed by atoms with E-state index in [0.717, 1.165) is 44.9 Å². The van der Waals surface area contributed by atoms with Crippen molar-refractivity contribution in [2.75, 3.05) is 32.7 Å². The van der Waals surface area contributed by atoms with Crippen molar-refractivity contribution in [2.45, 2.75) is 77.7 Å². The zero-order chi connectivity index (χ0) is 18.0. The van der Waals surface area contributed by atoms with Crippen LogP contribution in [0.15, 0.2) is 0 Å². The molecule has 3 rings (SSSR count). The molecule has 1 amide bonds. The number of carbonyl (C=O) groups excluding carboxylic acids is 1. The van der Waals surface area contributed by atoms with E-state index in [1.54, 1.807) is 0 Å². The second-order valence-electron chi connectivity index (χ2n) is 8.85. The Morgan fingerprint density at radius 2 is 1.59 bits per heavy atom. The molecule has 3 atom stereocenters. The SMILES string of the molecule is CC1CN(C(C(=O)N2CCC(NCC3CC3)CC2)C(C)C)CC(C)O1.Cl.Cl. The molecule has 0 spiro atoms. The molecule has 0 aromatic carbocycles. The lowest BCUT2D eigenvalue weighted by Gasteiger charge is -2.43. The number of likely N-dealkylation sites (tertiary alicyclic amines) is 1. The Morgan fingerprint density at radius 1 is 1.04 bits per heavy atom. The molecule has 0 aromatic heterocycles. The minimum atomic E-state index is -0.00947. The van der Waals surface area contributed by atoms with Gasteiger partial charge in [-0.25, -0.2) is 0 Å². The number of halogens is 2. The largest absolute Gasteiger partial charge is 0.373 e. The monoisotopic (exact) mass is 423 g/mol. The van der Waals surface area contributed by atoms with Gasteiger partial charge in [0, 0.05) is 32.2 Å². The minimum Gasteiger partial charge on any atom is -0.373 e. The zero-order valence-electron chi connectivity index (χ0n) is 17.4. The first-order chi connectivity index (χ1) is 11.9. The fraction of sp³-hybridized carbons (Fsp3) is 0.950. The quantitative estimate of drug-likeness (QED) is 0.712. The van der Waals surface area contributed by atoms with Gasteiger partial charge in [-0.2, -0.15) is 0 Å². The van der Waals surface area contributed by atoms with Crippen LogP contribution < -0.4 is 5.32 Å². The average Bonchev–Trinajstić information content (AvgIpc) is 3.36. The van der Waals surface area contributed by atoms with Gasteiger partial charge in [0.15, 0.2) is 0 Å². The Balaban J connectivity index is 0.00000182. The third-order valence-electron chi connectivity index (χ3n) is 5.92. The fourth-order valence-electron chi connectivity index (χ4n) is 4.45. The van der Waals surface area contributed by atoms with Crippen molar-refractivity contribution >= 4 is 30.7 Å². The van der Waals surface area contributed by atoms with E-state index in [4.69, 9.17) is 4.74 Å². The van der Waals surface area contributed by atoms with E-state index < -0.39 is 0 Å². The van der Waals surface area contributed by atoms with E-state index in [1.165, 1.54) is 19.4 Å². The summed E-state index contributed by atoms with van der Waals surface area (Å²) in [5, 5.41) is 3.71. The highest BCUT2D eigenvalue weighted by molar-refractivity contribution is 5.85. The van der Waals surface area contributed by atoms with Crippen LogP contribution in [0.2, 0.25) is 0 Å². The molecule has 2 aliphatic heterocycles. The maximum absolute atomic E-state index is 13.3. The number of rotatable bonds is 6. The molecular formula is C20H39Cl2N3O2. The zero-order valence-corrected chi connectivity index (χ0v) is 19.0. The van der Waals surface area contributed by atoms with Gasteiger partial charge in [0.25, 0.3) is 0 Å². The van der Waals surface area contributed by atoms with E-state index in [2.05, 4.69) is 42.8 Å². The average molecular weight is 424 g/mol. The topological polar surface area (TPSA) is 44.8 Å². The van der Waals surface area contributed by atoms with Gasteiger partial charge in [0.2, 0.25) is 5.91 Å². The lowest BCUT2D eigenvalue weighted by atomic mass is 9.97. The first-order valence-corrected chi connectivity index (χ1v) is 10.4. The summed E-state index contributed by atoms with van der Waals surface area (Å²) >= 11 is 0. The molecule has 0 radical (unpaired) electrons. The fourth-order valence-corrected chi connectivity index (χ4v) is 4.45. The second kappa shape index (κ2) is 11.2. The Morgan fingerprint density at radius 3 is 2.07 bits per heavy atom. The molecular weight excluding hydrogens is 385 g/mol. The van der Waals surface area contributed by atoms with Crippen LogP contribution >= 0.6 is 24.8 Å². The summed E-state index contributed by atoms with van der Waals surface area (Å²) in [7, 11) is 0. The van der Waals surface area contributed by atoms with Crippen molar-refractivity contribution in [3.05, 3.63) is 0 Å². The van der Waals surface area contributed by atoms with Crippen molar-refractivity contribution in [2.24, 2.45) is 11.8 Å². The van der Waals surface area contributed by atoms with E-state index in [9.17, 15) is 4.79 Å². The molecule has 2 saturated heterocycles. The van der Waals surface area contributed by atoms with Gasteiger partial charge in [-0.3, -0.25) is 9.69 Å². The summed E-state index contributed by atoms with van der Waals surface area (Å²) in [6.45, 7) is 13.3. The number of amides is 1. The lowest BCUT2D eigenvalue weighted by Crippen LogP contribution is -2.59. The van der Waals surface area contributed by atoms with Crippen molar-refractivity contribution in [1.82, 2.24) is 15.1 Å². The summed E-state index contributed by atoms with van der Waals surface area (Å²) in [5.41, 5.74) is 0. The van der Waals surface area contributed by atoms with Crippen LogP contribution in [0.5, 0.6) is 0 Å². The first kappa shape index (κ1) is 25.0. The molecule has 0 bridgehead atoms. The predicted molar refractivity (Wildman–Crippen MR) is 115 cm³/mol. The number of piperidine rings is 1. The molecule has 1 N–H and O–H groups in total. The Kier molecular flexibility index (Phi) is 10.4. The van der Waals surface area contributed by atoms with E-state index >= 15 is 0 Å². The van der Waals surface area contributed by atoms with Gasteiger partial charge in [-0.15, -0.1) is 24.8 Å². The number of nitrogens with one attached hydrogen (secondary N) is 1. The van der Waals surface area contributed by atoms with Crippen LogP contribution in [0.3, 0.4) is 0 Å². The minimum absolute atomic E-state index is 0.